The van der Waals surface area contributed by atoms with Gasteiger partial charge in [0.2, 0.25) is 0 Å². The smallest absolute Gasteiger partial charge is 0.305 e. The molecule has 0 amide bonds. The molecule has 17 heavy (non-hydrogen) atoms. The minimum atomic E-state index is -0.753. The van der Waals surface area contributed by atoms with Crippen molar-refractivity contribution < 1.29 is 28.6 Å². The van der Waals surface area contributed by atoms with Gasteiger partial charge in [-0.05, 0) is 6.42 Å². The summed E-state index contributed by atoms with van der Waals surface area (Å²) in [6, 6.07) is 0. The molecule has 6 nitrogen and oxygen atoms in total. The third-order valence-corrected chi connectivity index (χ3v) is 1.69. The van der Waals surface area contributed by atoms with Gasteiger partial charge < -0.3 is 14.2 Å². The molecule has 0 N–H and O–H groups in total. The van der Waals surface area contributed by atoms with Crippen LogP contribution in [0.1, 0.15) is 33.6 Å². The van der Waals surface area contributed by atoms with Gasteiger partial charge in [-0.3, -0.25) is 14.4 Å². The Hall–Kier alpha value is -1.59. The Balaban J connectivity index is 4.04. The van der Waals surface area contributed by atoms with Gasteiger partial charge >= 0.3 is 17.9 Å². The van der Waals surface area contributed by atoms with Crippen molar-refractivity contribution in [2.24, 2.45) is 0 Å². The number of carbonyl (C=O) groups is 3. The van der Waals surface area contributed by atoms with Gasteiger partial charge in [-0.1, -0.05) is 6.92 Å². The molecule has 0 aliphatic carbocycles. The highest BCUT2D eigenvalue weighted by molar-refractivity contribution is 5.69. The van der Waals surface area contributed by atoms with E-state index in [0.717, 1.165) is 0 Å². The Bertz CT molecular complexity index is 273. The maximum atomic E-state index is 11.1. The molecule has 1 atom stereocenters. The molecule has 1 unspecified atom stereocenters. The van der Waals surface area contributed by atoms with E-state index in [2.05, 4.69) is 4.74 Å². The maximum Gasteiger partial charge on any atom is 0.305 e. The summed E-state index contributed by atoms with van der Waals surface area (Å²) in [5.74, 6) is -1.37. The summed E-state index contributed by atoms with van der Waals surface area (Å²) in [6.07, 6.45) is 0.235. The highest BCUT2D eigenvalue weighted by Crippen LogP contribution is 1.99. The third kappa shape index (κ3) is 9.35. The lowest BCUT2D eigenvalue weighted by molar-refractivity contribution is -0.164. The Morgan fingerprint density at radius 3 is 2.06 bits per heavy atom. The normalized spacial score (nSPS) is 11.5. The first-order valence-corrected chi connectivity index (χ1v) is 5.41. The Morgan fingerprint density at radius 2 is 1.59 bits per heavy atom. The molecule has 0 aliphatic heterocycles. The number of esters is 3. The van der Waals surface area contributed by atoms with Crippen molar-refractivity contribution in [3.05, 3.63) is 0 Å². The monoisotopic (exact) mass is 246 g/mol. The van der Waals surface area contributed by atoms with Crippen LogP contribution in [0, 0.1) is 0 Å². The minimum absolute atomic E-state index is 0.105. The standard InChI is InChI=1S/C11H18O6/c1-4-5-11(14)16-7-10(17-9(3)13)6-15-8(2)12/h10H,4-7H2,1-3H3. The van der Waals surface area contributed by atoms with Crippen molar-refractivity contribution in [1.29, 1.82) is 0 Å². The van der Waals surface area contributed by atoms with E-state index in [1.165, 1.54) is 13.8 Å². The average molecular weight is 246 g/mol. The number of carbonyl (C=O) groups excluding carboxylic acids is 3. The lowest BCUT2D eigenvalue weighted by Gasteiger charge is -2.16. The van der Waals surface area contributed by atoms with Crippen LogP contribution in [0.4, 0.5) is 0 Å². The van der Waals surface area contributed by atoms with Crippen LogP contribution in [0.5, 0.6) is 0 Å². The number of hydrogen-bond acceptors (Lipinski definition) is 6. The van der Waals surface area contributed by atoms with E-state index in [4.69, 9.17) is 9.47 Å². The van der Waals surface area contributed by atoms with Crippen molar-refractivity contribution >= 4 is 17.9 Å². The molecule has 0 saturated carbocycles. The molecule has 0 fully saturated rings. The fraction of sp³-hybridized carbons (Fsp3) is 0.727. The maximum absolute atomic E-state index is 11.1. The van der Waals surface area contributed by atoms with Crippen LogP contribution in [-0.4, -0.2) is 37.2 Å². The van der Waals surface area contributed by atoms with E-state index in [-0.39, 0.29) is 19.2 Å². The molecule has 0 aromatic heterocycles. The van der Waals surface area contributed by atoms with Crippen LogP contribution in [-0.2, 0) is 28.6 Å². The van der Waals surface area contributed by atoms with Crippen molar-refractivity contribution in [3.8, 4) is 0 Å². The average Bonchev–Trinajstić information content (AvgIpc) is 2.21. The molecule has 0 spiro atoms. The van der Waals surface area contributed by atoms with Crippen LogP contribution in [0.3, 0.4) is 0 Å². The predicted molar refractivity (Wildman–Crippen MR) is 58.1 cm³/mol. The Labute approximate surface area is 100 Å². The van der Waals surface area contributed by atoms with Crippen LogP contribution < -0.4 is 0 Å². The van der Waals surface area contributed by atoms with E-state index in [9.17, 15) is 14.4 Å². The highest BCUT2D eigenvalue weighted by Gasteiger charge is 2.16. The first kappa shape index (κ1) is 15.4. The zero-order valence-corrected chi connectivity index (χ0v) is 10.4. The van der Waals surface area contributed by atoms with Gasteiger partial charge in [0.1, 0.15) is 13.2 Å². The second-order valence-corrected chi connectivity index (χ2v) is 3.47. The molecule has 0 saturated heterocycles. The van der Waals surface area contributed by atoms with Crippen LogP contribution in [0.2, 0.25) is 0 Å². The molecule has 6 heteroatoms. The number of rotatable bonds is 7. The zero-order valence-electron chi connectivity index (χ0n) is 10.4. The summed E-state index contributed by atoms with van der Waals surface area (Å²) in [5, 5.41) is 0. The van der Waals surface area contributed by atoms with E-state index in [1.807, 2.05) is 6.92 Å². The van der Waals surface area contributed by atoms with Crippen LogP contribution in [0.25, 0.3) is 0 Å². The topological polar surface area (TPSA) is 78.9 Å². The van der Waals surface area contributed by atoms with Crippen LogP contribution in [0.15, 0.2) is 0 Å². The second-order valence-electron chi connectivity index (χ2n) is 3.47. The van der Waals surface area contributed by atoms with Crippen molar-refractivity contribution in [3.63, 3.8) is 0 Å². The molecule has 0 aliphatic rings. The van der Waals surface area contributed by atoms with E-state index in [1.54, 1.807) is 0 Å². The van der Waals surface area contributed by atoms with E-state index >= 15 is 0 Å². The predicted octanol–water partition coefficient (Wildman–Crippen LogP) is 0.825. The Kier molecular flexibility index (Phi) is 7.75. The first-order valence-electron chi connectivity index (χ1n) is 5.41. The summed E-state index contributed by atoms with van der Waals surface area (Å²) in [6.45, 7) is 4.10. The number of hydrogen-bond donors (Lipinski definition) is 0. The molecule has 0 heterocycles. The largest absolute Gasteiger partial charge is 0.462 e. The minimum Gasteiger partial charge on any atom is -0.462 e. The number of ether oxygens (including phenoxy) is 3. The molecule has 0 aromatic rings. The summed E-state index contributed by atoms with van der Waals surface area (Å²) in [7, 11) is 0. The van der Waals surface area contributed by atoms with Gasteiger partial charge in [-0.15, -0.1) is 0 Å². The van der Waals surface area contributed by atoms with Crippen molar-refractivity contribution in [2.45, 2.75) is 39.7 Å². The lowest BCUT2D eigenvalue weighted by atomic mass is 10.3. The van der Waals surface area contributed by atoms with Gasteiger partial charge in [0, 0.05) is 20.3 Å². The van der Waals surface area contributed by atoms with E-state index in [0.29, 0.717) is 12.8 Å². The van der Waals surface area contributed by atoms with Gasteiger partial charge in [-0.2, -0.15) is 0 Å². The SMILES string of the molecule is CCCC(=O)OCC(COC(C)=O)OC(C)=O. The molecular formula is C11H18O6. The molecular weight excluding hydrogens is 228 g/mol. The quantitative estimate of drug-likeness (QED) is 0.489. The van der Waals surface area contributed by atoms with Crippen molar-refractivity contribution in [1.82, 2.24) is 0 Å². The van der Waals surface area contributed by atoms with E-state index < -0.39 is 18.0 Å². The fourth-order valence-electron chi connectivity index (χ4n) is 1.02. The summed E-state index contributed by atoms with van der Waals surface area (Å²) < 4.78 is 14.4. The summed E-state index contributed by atoms with van der Waals surface area (Å²) in [5.41, 5.74) is 0. The zero-order chi connectivity index (χ0) is 13.3. The molecule has 0 aromatic carbocycles. The Morgan fingerprint density at radius 1 is 1.00 bits per heavy atom. The van der Waals surface area contributed by atoms with Gasteiger partial charge in [-0.25, -0.2) is 0 Å². The third-order valence-electron chi connectivity index (χ3n) is 1.69. The van der Waals surface area contributed by atoms with Crippen molar-refractivity contribution in [2.75, 3.05) is 13.2 Å². The molecule has 0 bridgehead atoms. The van der Waals surface area contributed by atoms with Gasteiger partial charge in [0.05, 0.1) is 0 Å². The summed E-state index contributed by atoms with van der Waals surface area (Å²) in [4.78, 5) is 32.5. The van der Waals surface area contributed by atoms with Gasteiger partial charge in [0.25, 0.3) is 0 Å². The second kappa shape index (κ2) is 8.55. The molecule has 0 radical (unpaired) electrons. The lowest BCUT2D eigenvalue weighted by Crippen LogP contribution is -2.29. The summed E-state index contributed by atoms with van der Waals surface area (Å²) >= 11 is 0. The van der Waals surface area contributed by atoms with Crippen LogP contribution >= 0.6 is 0 Å². The molecule has 98 valence electrons. The fourth-order valence-corrected chi connectivity index (χ4v) is 1.02. The van der Waals surface area contributed by atoms with Gasteiger partial charge in [0.15, 0.2) is 6.10 Å². The molecule has 0 rings (SSSR count). The highest BCUT2D eigenvalue weighted by atomic mass is 16.6. The first-order chi connectivity index (χ1) is 7.95.